The number of ether oxygens (including phenoxy) is 1. The van der Waals surface area contributed by atoms with Gasteiger partial charge in [-0.15, -0.1) is 0 Å². The van der Waals surface area contributed by atoms with Crippen molar-refractivity contribution in [1.82, 2.24) is 5.43 Å². The van der Waals surface area contributed by atoms with Gasteiger partial charge in [-0.2, -0.15) is 0 Å². The van der Waals surface area contributed by atoms with Crippen LogP contribution in [0.4, 0.5) is 0 Å². The fourth-order valence-electron chi connectivity index (χ4n) is 2.44. The first-order chi connectivity index (χ1) is 9.24. The molecule has 3 N–H and O–H groups in total. The van der Waals surface area contributed by atoms with Crippen LogP contribution in [-0.2, 0) is 0 Å². The molecule has 2 unspecified atom stereocenters. The first-order valence-corrected chi connectivity index (χ1v) is 7.47. The Morgan fingerprint density at radius 3 is 2.84 bits per heavy atom. The van der Waals surface area contributed by atoms with Crippen molar-refractivity contribution in [1.29, 1.82) is 0 Å². The second kappa shape index (κ2) is 6.92. The molecule has 0 spiro atoms. The minimum atomic E-state index is 0.203. The summed E-state index contributed by atoms with van der Waals surface area (Å²) in [7, 11) is 0. The lowest BCUT2D eigenvalue weighted by Crippen LogP contribution is -2.32. The van der Waals surface area contributed by atoms with Gasteiger partial charge in [0.2, 0.25) is 0 Å². The third-order valence-electron chi connectivity index (χ3n) is 3.81. The van der Waals surface area contributed by atoms with E-state index < -0.39 is 0 Å². The van der Waals surface area contributed by atoms with Gasteiger partial charge in [-0.05, 0) is 42.9 Å². The van der Waals surface area contributed by atoms with Crippen LogP contribution in [0.25, 0.3) is 0 Å². The maximum Gasteiger partial charge on any atom is 0.120 e. The van der Waals surface area contributed by atoms with Gasteiger partial charge >= 0.3 is 0 Å². The third kappa shape index (κ3) is 4.22. The summed E-state index contributed by atoms with van der Waals surface area (Å²) in [6.07, 6.45) is 6.49. The highest BCUT2D eigenvalue weighted by Gasteiger charge is 2.24. The summed E-state index contributed by atoms with van der Waals surface area (Å²) < 4.78 is 5.85. The number of nitrogens with two attached hydrogens (primary N) is 1. The fourth-order valence-corrected chi connectivity index (χ4v) is 2.44. The molecule has 1 aromatic rings. The van der Waals surface area contributed by atoms with Crippen molar-refractivity contribution >= 4 is 0 Å². The number of hydrazine groups is 1. The number of nitrogens with one attached hydrogen (secondary N) is 1. The highest BCUT2D eigenvalue weighted by atomic mass is 16.5. The quantitative estimate of drug-likeness (QED) is 0.556. The van der Waals surface area contributed by atoms with E-state index in [-0.39, 0.29) is 6.04 Å². The number of unbranched alkanes of at least 4 members (excludes halogenated alkanes) is 1. The Balaban J connectivity index is 2.03. The lowest BCUT2D eigenvalue weighted by atomic mass is 9.91. The maximum absolute atomic E-state index is 5.85. The van der Waals surface area contributed by atoms with Crippen LogP contribution >= 0.6 is 0 Å². The Hall–Kier alpha value is -1.06. The van der Waals surface area contributed by atoms with Crippen LogP contribution in [0.5, 0.6) is 5.75 Å². The molecule has 1 aromatic carbocycles. The Morgan fingerprint density at radius 1 is 1.42 bits per heavy atom. The first kappa shape index (κ1) is 14.4. The van der Waals surface area contributed by atoms with Crippen LogP contribution in [0.15, 0.2) is 24.3 Å². The van der Waals surface area contributed by atoms with Crippen molar-refractivity contribution in [3.05, 3.63) is 29.8 Å². The van der Waals surface area contributed by atoms with Crippen molar-refractivity contribution < 1.29 is 4.74 Å². The van der Waals surface area contributed by atoms with Crippen LogP contribution in [0.3, 0.4) is 0 Å². The summed E-state index contributed by atoms with van der Waals surface area (Å²) in [6.45, 7) is 4.48. The second-order valence-corrected chi connectivity index (χ2v) is 5.65. The molecular weight excluding hydrogens is 236 g/mol. The zero-order chi connectivity index (χ0) is 13.7. The van der Waals surface area contributed by atoms with E-state index >= 15 is 0 Å². The van der Waals surface area contributed by atoms with E-state index in [2.05, 4.69) is 37.5 Å². The molecule has 106 valence electrons. The van der Waals surface area contributed by atoms with Crippen LogP contribution < -0.4 is 16.0 Å². The Bertz CT molecular complexity index is 390. The topological polar surface area (TPSA) is 47.3 Å². The SMILES string of the molecule is CCCCC(C)C(NN)c1cccc(OC2CC2)c1. The molecule has 2 atom stereocenters. The summed E-state index contributed by atoms with van der Waals surface area (Å²) in [5.41, 5.74) is 4.19. The minimum absolute atomic E-state index is 0.203. The van der Waals surface area contributed by atoms with Crippen LogP contribution in [0.2, 0.25) is 0 Å². The molecule has 0 aromatic heterocycles. The zero-order valence-electron chi connectivity index (χ0n) is 12.1. The van der Waals surface area contributed by atoms with E-state index in [0.717, 1.165) is 5.75 Å². The molecule has 1 saturated carbocycles. The van der Waals surface area contributed by atoms with Crippen molar-refractivity contribution in [2.24, 2.45) is 11.8 Å². The molecule has 2 rings (SSSR count). The average Bonchev–Trinajstić information content (AvgIpc) is 3.21. The van der Waals surface area contributed by atoms with Crippen molar-refractivity contribution in [3.63, 3.8) is 0 Å². The molecule has 1 aliphatic carbocycles. The van der Waals surface area contributed by atoms with E-state index in [9.17, 15) is 0 Å². The number of benzene rings is 1. The molecule has 0 bridgehead atoms. The predicted octanol–water partition coefficient (Wildman–Crippen LogP) is 3.56. The van der Waals surface area contributed by atoms with Crippen LogP contribution in [-0.4, -0.2) is 6.10 Å². The Morgan fingerprint density at radius 2 is 2.21 bits per heavy atom. The number of hydrogen-bond acceptors (Lipinski definition) is 3. The summed E-state index contributed by atoms with van der Waals surface area (Å²) >= 11 is 0. The van der Waals surface area contributed by atoms with E-state index in [1.54, 1.807) is 0 Å². The summed E-state index contributed by atoms with van der Waals surface area (Å²) in [5.74, 6) is 7.25. The van der Waals surface area contributed by atoms with Gasteiger partial charge in [0.05, 0.1) is 6.10 Å². The Labute approximate surface area is 116 Å². The monoisotopic (exact) mass is 262 g/mol. The number of rotatable bonds is 8. The Kier molecular flexibility index (Phi) is 5.23. The second-order valence-electron chi connectivity index (χ2n) is 5.65. The molecule has 19 heavy (non-hydrogen) atoms. The molecule has 1 aliphatic rings. The molecular formula is C16H26N2O. The molecule has 0 heterocycles. The molecule has 0 aliphatic heterocycles. The summed E-state index contributed by atoms with van der Waals surface area (Å²) in [4.78, 5) is 0. The van der Waals surface area contributed by atoms with E-state index in [1.807, 2.05) is 6.07 Å². The summed E-state index contributed by atoms with van der Waals surface area (Å²) in [5, 5.41) is 0. The van der Waals surface area contributed by atoms with Gasteiger partial charge in [-0.3, -0.25) is 11.3 Å². The molecule has 0 saturated heterocycles. The van der Waals surface area contributed by atoms with Gasteiger partial charge in [-0.1, -0.05) is 38.8 Å². The predicted molar refractivity (Wildman–Crippen MR) is 78.8 cm³/mol. The molecule has 3 heteroatoms. The van der Waals surface area contributed by atoms with E-state index in [4.69, 9.17) is 10.6 Å². The van der Waals surface area contributed by atoms with Crippen LogP contribution in [0.1, 0.15) is 57.6 Å². The van der Waals surface area contributed by atoms with Gasteiger partial charge < -0.3 is 4.74 Å². The van der Waals surface area contributed by atoms with Gasteiger partial charge in [0.25, 0.3) is 0 Å². The highest BCUT2D eigenvalue weighted by Crippen LogP contribution is 2.31. The van der Waals surface area contributed by atoms with E-state index in [1.165, 1.54) is 37.7 Å². The first-order valence-electron chi connectivity index (χ1n) is 7.47. The third-order valence-corrected chi connectivity index (χ3v) is 3.81. The lowest BCUT2D eigenvalue weighted by Gasteiger charge is -2.24. The fraction of sp³-hybridized carbons (Fsp3) is 0.625. The molecule has 0 radical (unpaired) electrons. The lowest BCUT2D eigenvalue weighted by molar-refractivity contribution is 0.301. The van der Waals surface area contributed by atoms with Crippen molar-refractivity contribution in [3.8, 4) is 5.75 Å². The average molecular weight is 262 g/mol. The maximum atomic E-state index is 5.85. The zero-order valence-corrected chi connectivity index (χ0v) is 12.1. The standard InChI is InChI=1S/C16H26N2O/c1-3-4-6-12(2)16(18-17)13-7-5-8-15(11-13)19-14-9-10-14/h5,7-8,11-12,14,16,18H,3-4,6,9-10,17H2,1-2H3. The largest absolute Gasteiger partial charge is 0.490 e. The van der Waals surface area contributed by atoms with E-state index in [0.29, 0.717) is 12.0 Å². The normalized spacial score (nSPS) is 18.1. The molecule has 0 amide bonds. The van der Waals surface area contributed by atoms with Gasteiger partial charge in [-0.25, -0.2) is 0 Å². The van der Waals surface area contributed by atoms with Gasteiger partial charge in [0.15, 0.2) is 0 Å². The van der Waals surface area contributed by atoms with Crippen molar-refractivity contribution in [2.75, 3.05) is 0 Å². The molecule has 3 nitrogen and oxygen atoms in total. The number of hydrogen-bond donors (Lipinski definition) is 2. The molecule has 1 fully saturated rings. The minimum Gasteiger partial charge on any atom is -0.490 e. The van der Waals surface area contributed by atoms with Gasteiger partial charge in [0, 0.05) is 6.04 Å². The highest BCUT2D eigenvalue weighted by molar-refractivity contribution is 5.31. The van der Waals surface area contributed by atoms with Gasteiger partial charge in [0.1, 0.15) is 5.75 Å². The van der Waals surface area contributed by atoms with Crippen LogP contribution in [0, 0.1) is 5.92 Å². The van der Waals surface area contributed by atoms with Crippen molar-refractivity contribution in [2.45, 2.75) is 58.1 Å². The smallest absolute Gasteiger partial charge is 0.120 e. The summed E-state index contributed by atoms with van der Waals surface area (Å²) in [6, 6.07) is 8.56.